The van der Waals surface area contributed by atoms with Gasteiger partial charge < -0.3 is 16.6 Å². The number of aliphatic imine (C=N–C) groups is 1. The van der Waals surface area contributed by atoms with Crippen molar-refractivity contribution in [3.05, 3.63) is 0 Å². The number of aliphatic carboxylic acids is 1. The number of ketones is 2. The summed E-state index contributed by atoms with van der Waals surface area (Å²) >= 11 is 0. The Morgan fingerprint density at radius 2 is 1.90 bits per heavy atom. The Hall–Kier alpha value is -2.04. The zero-order valence-corrected chi connectivity index (χ0v) is 11.8. The van der Waals surface area contributed by atoms with Crippen molar-refractivity contribution in [2.45, 2.75) is 31.8 Å². The standard InChI is InChI=1S/C11H22N6O4/c1-6(10(20)21)17-7(3-2-4-15-11(12)13)9(19)8(18)5-16-14/h6-7,16-17H,2-5,14H2,1H3,(H,20,21)(H4,12,13,15)/t6?,7-/m0/s1. The molecule has 120 valence electrons. The van der Waals surface area contributed by atoms with Crippen LogP contribution < -0.4 is 28.1 Å². The number of nitrogens with zero attached hydrogens (tertiary/aromatic N) is 1. The number of carboxylic acid groups (broad SMARTS) is 1. The van der Waals surface area contributed by atoms with Crippen molar-refractivity contribution in [3.8, 4) is 0 Å². The van der Waals surface area contributed by atoms with Gasteiger partial charge in [-0.2, -0.15) is 0 Å². The number of guanidine groups is 1. The van der Waals surface area contributed by atoms with Crippen LogP contribution in [0.5, 0.6) is 0 Å². The second kappa shape index (κ2) is 9.80. The van der Waals surface area contributed by atoms with Gasteiger partial charge in [-0.25, -0.2) is 0 Å². The average molecular weight is 302 g/mol. The second-order valence-corrected chi connectivity index (χ2v) is 4.40. The van der Waals surface area contributed by atoms with Crippen LogP contribution in [0.3, 0.4) is 0 Å². The monoisotopic (exact) mass is 302 g/mol. The fourth-order valence-corrected chi connectivity index (χ4v) is 1.54. The Labute approximate surface area is 122 Å². The lowest BCUT2D eigenvalue weighted by Gasteiger charge is -2.19. The number of nitrogens with one attached hydrogen (secondary N) is 2. The molecule has 0 aromatic rings. The lowest BCUT2D eigenvalue weighted by molar-refractivity contribution is -0.141. The Bertz CT molecular complexity index is 408. The highest BCUT2D eigenvalue weighted by Gasteiger charge is 2.27. The Balaban J connectivity index is 4.68. The fourth-order valence-electron chi connectivity index (χ4n) is 1.54. The van der Waals surface area contributed by atoms with E-state index in [-0.39, 0.29) is 25.5 Å². The third-order valence-electron chi connectivity index (χ3n) is 2.62. The summed E-state index contributed by atoms with van der Waals surface area (Å²) in [5.41, 5.74) is 12.4. The minimum atomic E-state index is -1.12. The van der Waals surface area contributed by atoms with E-state index in [0.717, 1.165) is 0 Å². The maximum absolute atomic E-state index is 11.9. The molecule has 2 atom stereocenters. The van der Waals surface area contributed by atoms with Crippen molar-refractivity contribution in [1.29, 1.82) is 0 Å². The first-order valence-electron chi connectivity index (χ1n) is 6.34. The van der Waals surface area contributed by atoms with E-state index in [0.29, 0.717) is 6.42 Å². The van der Waals surface area contributed by atoms with Gasteiger partial charge in [0.05, 0.1) is 12.6 Å². The number of carbonyl (C=O) groups is 3. The first-order chi connectivity index (χ1) is 9.79. The molecule has 0 saturated heterocycles. The van der Waals surface area contributed by atoms with Gasteiger partial charge in [-0.05, 0) is 19.8 Å². The number of hydrogen-bond donors (Lipinski definition) is 6. The highest BCUT2D eigenvalue weighted by Crippen LogP contribution is 2.02. The summed E-state index contributed by atoms with van der Waals surface area (Å²) in [7, 11) is 0. The minimum absolute atomic E-state index is 0.0758. The number of hydrogen-bond acceptors (Lipinski definition) is 7. The fraction of sp³-hybridized carbons (Fsp3) is 0.636. The molecule has 0 aromatic heterocycles. The molecule has 0 aliphatic heterocycles. The SMILES string of the molecule is CC(N[C@@H](CCCN=C(N)N)C(=O)C(=O)CNN)C(=O)O. The molecule has 0 aromatic carbocycles. The molecule has 0 amide bonds. The van der Waals surface area contributed by atoms with E-state index in [2.05, 4.69) is 15.7 Å². The van der Waals surface area contributed by atoms with Crippen molar-refractivity contribution in [2.75, 3.05) is 13.1 Å². The molecule has 0 saturated carbocycles. The summed E-state index contributed by atoms with van der Waals surface area (Å²) in [6.45, 7) is 1.34. The van der Waals surface area contributed by atoms with Crippen molar-refractivity contribution >= 4 is 23.5 Å². The summed E-state index contributed by atoms with van der Waals surface area (Å²) in [6, 6.07) is -1.90. The zero-order valence-electron chi connectivity index (χ0n) is 11.8. The van der Waals surface area contributed by atoms with Crippen LogP contribution in [-0.4, -0.2) is 53.8 Å². The van der Waals surface area contributed by atoms with E-state index in [9.17, 15) is 14.4 Å². The Morgan fingerprint density at radius 1 is 1.29 bits per heavy atom. The predicted molar refractivity (Wildman–Crippen MR) is 76.1 cm³/mol. The van der Waals surface area contributed by atoms with Crippen LogP contribution in [0.1, 0.15) is 19.8 Å². The molecule has 10 nitrogen and oxygen atoms in total. The summed E-state index contributed by atoms with van der Waals surface area (Å²) < 4.78 is 0. The molecule has 0 bridgehead atoms. The number of nitrogens with two attached hydrogens (primary N) is 3. The summed E-state index contributed by atoms with van der Waals surface area (Å²) in [6.07, 6.45) is 0.639. The maximum atomic E-state index is 11.9. The number of carbonyl (C=O) groups excluding carboxylic acids is 2. The predicted octanol–water partition coefficient (Wildman–Crippen LogP) is -2.93. The van der Waals surface area contributed by atoms with Crippen molar-refractivity contribution < 1.29 is 19.5 Å². The van der Waals surface area contributed by atoms with Gasteiger partial charge in [-0.15, -0.1) is 0 Å². The van der Waals surface area contributed by atoms with Crippen LogP contribution in [0, 0.1) is 0 Å². The van der Waals surface area contributed by atoms with E-state index in [1.165, 1.54) is 6.92 Å². The molecule has 10 heteroatoms. The second-order valence-electron chi connectivity index (χ2n) is 4.40. The number of carboxylic acids is 1. The van der Waals surface area contributed by atoms with Crippen molar-refractivity contribution in [1.82, 2.24) is 10.7 Å². The summed E-state index contributed by atoms with van der Waals surface area (Å²) in [4.78, 5) is 38.0. The van der Waals surface area contributed by atoms with Gasteiger partial charge in [0.2, 0.25) is 11.6 Å². The Morgan fingerprint density at radius 3 is 2.38 bits per heavy atom. The lowest BCUT2D eigenvalue weighted by Crippen LogP contribution is -2.49. The van der Waals surface area contributed by atoms with Gasteiger partial charge in [-0.3, -0.25) is 36.0 Å². The molecule has 0 fully saturated rings. The summed E-state index contributed by atoms with van der Waals surface area (Å²) in [5, 5.41) is 11.4. The molecule has 0 radical (unpaired) electrons. The van der Waals surface area contributed by atoms with Gasteiger partial charge in [0.1, 0.15) is 6.04 Å². The molecule has 0 aliphatic carbocycles. The highest BCUT2D eigenvalue weighted by atomic mass is 16.4. The van der Waals surface area contributed by atoms with E-state index in [1.54, 1.807) is 0 Å². The van der Waals surface area contributed by atoms with E-state index >= 15 is 0 Å². The lowest BCUT2D eigenvalue weighted by atomic mass is 10.0. The van der Waals surface area contributed by atoms with Gasteiger partial charge >= 0.3 is 5.97 Å². The van der Waals surface area contributed by atoms with E-state index in [1.807, 2.05) is 0 Å². The largest absolute Gasteiger partial charge is 0.480 e. The third-order valence-corrected chi connectivity index (χ3v) is 2.62. The highest BCUT2D eigenvalue weighted by molar-refractivity contribution is 6.39. The number of Topliss-reactive ketones (excluding diaryl/α,β-unsaturated/α-hetero) is 2. The maximum Gasteiger partial charge on any atom is 0.320 e. The molecular formula is C11H22N6O4. The molecule has 1 unspecified atom stereocenters. The first-order valence-corrected chi connectivity index (χ1v) is 6.34. The van der Waals surface area contributed by atoms with Gasteiger partial charge in [-0.1, -0.05) is 0 Å². The average Bonchev–Trinajstić information content (AvgIpc) is 2.40. The normalized spacial score (nSPS) is 13.2. The van der Waals surface area contributed by atoms with Gasteiger partial charge in [0.25, 0.3) is 0 Å². The topological polar surface area (TPSA) is 186 Å². The third kappa shape index (κ3) is 7.97. The van der Waals surface area contributed by atoms with Gasteiger partial charge in [0, 0.05) is 6.54 Å². The molecule has 0 aliphatic rings. The van der Waals surface area contributed by atoms with Crippen molar-refractivity contribution in [2.24, 2.45) is 22.3 Å². The van der Waals surface area contributed by atoms with E-state index in [4.69, 9.17) is 22.4 Å². The summed E-state index contributed by atoms with van der Waals surface area (Å²) in [5.74, 6) is 2.33. The van der Waals surface area contributed by atoms with Crippen molar-refractivity contribution in [3.63, 3.8) is 0 Å². The molecule has 0 rings (SSSR count). The van der Waals surface area contributed by atoms with Crippen LogP contribution >= 0.6 is 0 Å². The van der Waals surface area contributed by atoms with Crippen LogP contribution in [0.2, 0.25) is 0 Å². The van der Waals surface area contributed by atoms with E-state index < -0.39 is 29.6 Å². The zero-order chi connectivity index (χ0) is 16.4. The first kappa shape index (κ1) is 19.0. The molecular weight excluding hydrogens is 280 g/mol. The molecule has 0 spiro atoms. The number of rotatable bonds is 11. The van der Waals surface area contributed by atoms with Crippen LogP contribution in [0.4, 0.5) is 0 Å². The molecule has 9 N–H and O–H groups in total. The molecule has 0 heterocycles. The molecule has 21 heavy (non-hydrogen) atoms. The van der Waals surface area contributed by atoms with Crippen LogP contribution in [-0.2, 0) is 14.4 Å². The smallest absolute Gasteiger partial charge is 0.320 e. The number of hydrazine groups is 1. The van der Waals surface area contributed by atoms with Gasteiger partial charge in [0.15, 0.2) is 5.96 Å². The quantitative estimate of drug-likeness (QED) is 0.0580. The van der Waals surface area contributed by atoms with Crippen LogP contribution in [0.25, 0.3) is 0 Å². The Kier molecular flexibility index (Phi) is 8.85. The minimum Gasteiger partial charge on any atom is -0.480 e. The van der Waals surface area contributed by atoms with Crippen LogP contribution in [0.15, 0.2) is 4.99 Å².